The molecule has 0 saturated carbocycles. The van der Waals surface area contributed by atoms with Gasteiger partial charge in [0.25, 0.3) is 0 Å². The molecule has 120 valence electrons. The fraction of sp³-hybridized carbons (Fsp3) is 0.467. The first kappa shape index (κ1) is 15.4. The van der Waals surface area contributed by atoms with Crippen LogP contribution in [0.5, 0.6) is 0 Å². The van der Waals surface area contributed by atoms with E-state index in [0.29, 0.717) is 10.9 Å². The molecule has 3 rings (SSSR count). The minimum Gasteiger partial charge on any atom is -0.394 e. The van der Waals surface area contributed by atoms with Crippen molar-refractivity contribution in [2.24, 2.45) is 0 Å². The number of ether oxygens (including phenoxy) is 1. The molecular formula is C15H19NO6. The van der Waals surface area contributed by atoms with Gasteiger partial charge in [-0.25, -0.2) is 0 Å². The fourth-order valence-electron chi connectivity index (χ4n) is 3.14. The van der Waals surface area contributed by atoms with Crippen LogP contribution in [0.4, 0.5) is 0 Å². The molecule has 1 aliphatic rings. The van der Waals surface area contributed by atoms with E-state index in [2.05, 4.69) is 4.98 Å². The van der Waals surface area contributed by atoms with E-state index in [-0.39, 0.29) is 5.56 Å². The van der Waals surface area contributed by atoms with Crippen molar-refractivity contribution in [2.75, 3.05) is 6.61 Å². The zero-order valence-corrected chi connectivity index (χ0v) is 12.0. The number of nitrogens with one attached hydrogen (secondary N) is 1. The smallest absolute Gasteiger partial charge is 0.192 e. The molecule has 22 heavy (non-hydrogen) atoms. The van der Waals surface area contributed by atoms with Crippen molar-refractivity contribution in [1.29, 1.82) is 0 Å². The van der Waals surface area contributed by atoms with Gasteiger partial charge in [-0.05, 0) is 13.0 Å². The first-order valence-corrected chi connectivity index (χ1v) is 6.98. The van der Waals surface area contributed by atoms with Crippen molar-refractivity contribution in [3.05, 3.63) is 36.0 Å². The lowest BCUT2D eigenvalue weighted by molar-refractivity contribution is -0.372. The van der Waals surface area contributed by atoms with Crippen LogP contribution < -0.4 is 0 Å². The summed E-state index contributed by atoms with van der Waals surface area (Å²) in [6.07, 6.45) is -3.20. The Morgan fingerprint density at radius 1 is 1.23 bits per heavy atom. The van der Waals surface area contributed by atoms with Gasteiger partial charge in [0.05, 0.1) is 6.61 Å². The Bertz CT molecular complexity index is 683. The van der Waals surface area contributed by atoms with Crippen LogP contribution in [0, 0.1) is 0 Å². The molecule has 0 aliphatic carbocycles. The number of H-pyrrole nitrogens is 1. The topological polar surface area (TPSA) is 126 Å². The molecule has 1 aromatic carbocycles. The Hall–Kier alpha value is -1.48. The first-order valence-electron chi connectivity index (χ1n) is 6.98. The standard InChI is InChI=1S/C15H19NO6/c1-14(20)13(19)15(21,12(18)11(7-17)22-14)9-6-16-10-5-3-2-4-8(9)10/h2-6,11-13,16-21H,7H2,1H3/t11-,12+,13+,14+,15+/m1/s1. The molecule has 5 atom stereocenters. The summed E-state index contributed by atoms with van der Waals surface area (Å²) in [4.78, 5) is 2.94. The average molecular weight is 309 g/mol. The summed E-state index contributed by atoms with van der Waals surface area (Å²) in [5, 5.41) is 52.0. The second kappa shape index (κ2) is 5.02. The maximum atomic E-state index is 11.0. The predicted octanol–water partition coefficient (Wildman–Crippen LogP) is -0.823. The van der Waals surface area contributed by atoms with E-state index in [4.69, 9.17) is 4.74 Å². The summed E-state index contributed by atoms with van der Waals surface area (Å²) in [6, 6.07) is 7.05. The molecule has 0 unspecified atom stereocenters. The summed E-state index contributed by atoms with van der Waals surface area (Å²) in [5.41, 5.74) is -1.27. The maximum Gasteiger partial charge on any atom is 0.192 e. The lowest BCUT2D eigenvalue weighted by Crippen LogP contribution is -2.69. The first-order chi connectivity index (χ1) is 10.3. The van der Waals surface area contributed by atoms with Crippen LogP contribution in [0.25, 0.3) is 10.9 Å². The van der Waals surface area contributed by atoms with E-state index in [1.54, 1.807) is 24.3 Å². The molecule has 0 radical (unpaired) electrons. The SMILES string of the molecule is C[C@]1(O)O[C@H](CO)[C@H](O)[C@@](O)(c2c[nH]c3ccccc23)[C@H]1O. The van der Waals surface area contributed by atoms with E-state index < -0.39 is 36.3 Å². The monoisotopic (exact) mass is 309 g/mol. The average Bonchev–Trinajstić information content (AvgIpc) is 2.93. The second-order valence-corrected chi connectivity index (χ2v) is 5.81. The molecule has 1 fully saturated rings. The summed E-state index contributed by atoms with van der Waals surface area (Å²) in [7, 11) is 0. The minimum absolute atomic E-state index is 0.227. The molecule has 7 nitrogen and oxygen atoms in total. The summed E-state index contributed by atoms with van der Waals surface area (Å²) in [5.74, 6) is -2.13. The van der Waals surface area contributed by atoms with Crippen molar-refractivity contribution >= 4 is 10.9 Å². The van der Waals surface area contributed by atoms with Gasteiger partial charge in [-0.15, -0.1) is 0 Å². The van der Waals surface area contributed by atoms with Crippen LogP contribution in [-0.4, -0.2) is 61.2 Å². The fourth-order valence-corrected chi connectivity index (χ4v) is 3.14. The highest BCUT2D eigenvalue weighted by molar-refractivity contribution is 5.84. The van der Waals surface area contributed by atoms with Crippen LogP contribution in [0.2, 0.25) is 0 Å². The summed E-state index contributed by atoms with van der Waals surface area (Å²) < 4.78 is 5.09. The molecule has 0 bridgehead atoms. The van der Waals surface area contributed by atoms with Crippen molar-refractivity contribution in [2.45, 2.75) is 36.6 Å². The molecule has 0 amide bonds. The van der Waals surface area contributed by atoms with Crippen LogP contribution >= 0.6 is 0 Å². The van der Waals surface area contributed by atoms with Crippen LogP contribution in [-0.2, 0) is 10.3 Å². The van der Waals surface area contributed by atoms with Crippen molar-refractivity contribution in [3.63, 3.8) is 0 Å². The third kappa shape index (κ3) is 1.98. The van der Waals surface area contributed by atoms with Crippen LogP contribution in [0.1, 0.15) is 12.5 Å². The number of hydrogen-bond acceptors (Lipinski definition) is 6. The van der Waals surface area contributed by atoms with Gasteiger partial charge in [-0.2, -0.15) is 0 Å². The number of aliphatic hydroxyl groups excluding tert-OH is 3. The van der Waals surface area contributed by atoms with Gasteiger partial charge in [0.2, 0.25) is 0 Å². The van der Waals surface area contributed by atoms with Gasteiger partial charge in [0, 0.05) is 22.7 Å². The highest BCUT2D eigenvalue weighted by Crippen LogP contribution is 2.43. The van der Waals surface area contributed by atoms with Crippen LogP contribution in [0.15, 0.2) is 30.5 Å². The number of aromatic amines is 1. The maximum absolute atomic E-state index is 11.0. The summed E-state index contributed by atoms with van der Waals surface area (Å²) in [6.45, 7) is 0.556. The Kier molecular flexibility index (Phi) is 3.52. The number of benzene rings is 1. The lowest BCUT2D eigenvalue weighted by Gasteiger charge is -2.50. The van der Waals surface area contributed by atoms with Crippen molar-refractivity contribution < 1.29 is 30.3 Å². The van der Waals surface area contributed by atoms with E-state index in [0.717, 1.165) is 0 Å². The predicted molar refractivity (Wildman–Crippen MR) is 76.8 cm³/mol. The zero-order valence-electron chi connectivity index (χ0n) is 12.0. The molecule has 1 aliphatic heterocycles. The third-order valence-corrected chi connectivity index (χ3v) is 4.32. The van der Waals surface area contributed by atoms with Gasteiger partial charge in [0.1, 0.15) is 18.3 Å². The van der Waals surface area contributed by atoms with Crippen LogP contribution in [0.3, 0.4) is 0 Å². The third-order valence-electron chi connectivity index (χ3n) is 4.32. The minimum atomic E-state index is -2.20. The van der Waals surface area contributed by atoms with Crippen molar-refractivity contribution in [3.8, 4) is 0 Å². The molecule has 6 N–H and O–H groups in total. The Morgan fingerprint density at radius 2 is 1.91 bits per heavy atom. The van der Waals surface area contributed by atoms with E-state index in [1.807, 2.05) is 0 Å². The Labute approximate surface area is 126 Å². The highest BCUT2D eigenvalue weighted by Gasteiger charge is 2.60. The second-order valence-electron chi connectivity index (χ2n) is 5.81. The number of rotatable bonds is 2. The normalized spacial score (nSPS) is 39.3. The molecular weight excluding hydrogens is 290 g/mol. The quantitative estimate of drug-likeness (QED) is 0.430. The van der Waals surface area contributed by atoms with Gasteiger partial charge in [-0.3, -0.25) is 0 Å². The number of hydrogen-bond donors (Lipinski definition) is 6. The van der Waals surface area contributed by atoms with Gasteiger partial charge in [-0.1, -0.05) is 18.2 Å². The van der Waals surface area contributed by atoms with E-state index in [1.165, 1.54) is 13.1 Å². The Balaban J connectivity index is 2.19. The van der Waals surface area contributed by atoms with E-state index in [9.17, 15) is 25.5 Å². The number of fused-ring (bicyclic) bond motifs is 1. The number of aromatic nitrogens is 1. The summed E-state index contributed by atoms with van der Waals surface area (Å²) >= 11 is 0. The largest absolute Gasteiger partial charge is 0.394 e. The Morgan fingerprint density at radius 3 is 2.59 bits per heavy atom. The van der Waals surface area contributed by atoms with Gasteiger partial charge < -0.3 is 35.3 Å². The van der Waals surface area contributed by atoms with Crippen molar-refractivity contribution in [1.82, 2.24) is 4.98 Å². The number of aliphatic hydroxyl groups is 5. The molecule has 1 aromatic heterocycles. The van der Waals surface area contributed by atoms with E-state index >= 15 is 0 Å². The molecule has 7 heteroatoms. The molecule has 2 aromatic rings. The molecule has 2 heterocycles. The lowest BCUT2D eigenvalue weighted by atomic mass is 9.75. The molecule has 0 spiro atoms. The zero-order chi connectivity index (χ0) is 16.1. The molecule has 1 saturated heterocycles. The van der Waals surface area contributed by atoms with Gasteiger partial charge >= 0.3 is 0 Å². The van der Waals surface area contributed by atoms with Gasteiger partial charge in [0.15, 0.2) is 11.4 Å². The highest BCUT2D eigenvalue weighted by atomic mass is 16.7. The number of para-hydroxylation sites is 1.